The lowest BCUT2D eigenvalue weighted by Gasteiger charge is -2.43. The van der Waals surface area contributed by atoms with Gasteiger partial charge in [-0.05, 0) is 49.3 Å². The lowest BCUT2D eigenvalue weighted by atomic mass is 9.69. The molecular formula is C15H21BrN2O. The number of primary amides is 1. The number of carbonyl (C=O) groups is 1. The minimum Gasteiger partial charge on any atom is -0.371 e. The molecule has 1 amide bonds. The van der Waals surface area contributed by atoms with Crippen LogP contribution in [0.1, 0.15) is 33.1 Å². The first-order valence-electron chi connectivity index (χ1n) is 6.77. The summed E-state index contributed by atoms with van der Waals surface area (Å²) in [5.41, 5.74) is 6.03. The number of nitrogens with one attached hydrogen (secondary N) is 1. The SMILES string of the molecule is CC1CCC(Nc2cccc(Br)c2)(C(N)=O)C(C)C1. The summed E-state index contributed by atoms with van der Waals surface area (Å²) in [6.45, 7) is 4.35. The number of hydrogen-bond acceptors (Lipinski definition) is 2. The number of amides is 1. The van der Waals surface area contributed by atoms with Crippen molar-refractivity contribution < 1.29 is 4.79 Å². The molecule has 1 aliphatic carbocycles. The van der Waals surface area contributed by atoms with Crippen LogP contribution in [0.3, 0.4) is 0 Å². The largest absolute Gasteiger partial charge is 0.371 e. The molecule has 0 spiro atoms. The van der Waals surface area contributed by atoms with E-state index >= 15 is 0 Å². The van der Waals surface area contributed by atoms with E-state index in [0.29, 0.717) is 5.92 Å². The topological polar surface area (TPSA) is 55.1 Å². The number of hydrogen-bond donors (Lipinski definition) is 2. The molecule has 1 fully saturated rings. The Hall–Kier alpha value is -1.03. The van der Waals surface area contributed by atoms with Gasteiger partial charge >= 0.3 is 0 Å². The van der Waals surface area contributed by atoms with E-state index in [-0.39, 0.29) is 11.8 Å². The molecule has 0 heterocycles. The smallest absolute Gasteiger partial charge is 0.243 e. The standard InChI is InChI=1S/C15H21BrN2O/c1-10-6-7-15(14(17)19,11(2)8-10)18-13-5-3-4-12(16)9-13/h3-5,9-11,18H,6-8H2,1-2H3,(H2,17,19). The molecule has 0 aliphatic heterocycles. The van der Waals surface area contributed by atoms with E-state index in [1.54, 1.807) is 0 Å². The van der Waals surface area contributed by atoms with Crippen LogP contribution in [0.25, 0.3) is 0 Å². The van der Waals surface area contributed by atoms with E-state index in [1.165, 1.54) is 0 Å². The van der Waals surface area contributed by atoms with Gasteiger partial charge in [-0.2, -0.15) is 0 Å². The van der Waals surface area contributed by atoms with Gasteiger partial charge in [-0.1, -0.05) is 35.8 Å². The van der Waals surface area contributed by atoms with Gasteiger partial charge in [0.2, 0.25) is 5.91 Å². The summed E-state index contributed by atoms with van der Waals surface area (Å²) in [5, 5.41) is 3.40. The van der Waals surface area contributed by atoms with Crippen molar-refractivity contribution in [1.82, 2.24) is 0 Å². The molecule has 1 aliphatic rings. The summed E-state index contributed by atoms with van der Waals surface area (Å²) in [5.74, 6) is 0.659. The van der Waals surface area contributed by atoms with Gasteiger partial charge in [0.1, 0.15) is 5.54 Å². The Morgan fingerprint density at radius 1 is 1.47 bits per heavy atom. The first kappa shape index (κ1) is 14.4. The molecule has 3 N–H and O–H groups in total. The third-order valence-electron chi connectivity index (χ3n) is 4.26. The molecule has 2 rings (SSSR count). The van der Waals surface area contributed by atoms with Crippen molar-refractivity contribution in [3.8, 4) is 0 Å². The molecule has 19 heavy (non-hydrogen) atoms. The average molecular weight is 325 g/mol. The van der Waals surface area contributed by atoms with Crippen molar-refractivity contribution in [1.29, 1.82) is 0 Å². The monoisotopic (exact) mass is 324 g/mol. The Morgan fingerprint density at radius 3 is 2.79 bits per heavy atom. The fourth-order valence-electron chi connectivity index (χ4n) is 3.08. The normalized spacial score (nSPS) is 30.9. The molecule has 0 bridgehead atoms. The minimum absolute atomic E-state index is 0.243. The van der Waals surface area contributed by atoms with E-state index in [1.807, 2.05) is 24.3 Å². The van der Waals surface area contributed by atoms with Crippen LogP contribution in [0.15, 0.2) is 28.7 Å². The minimum atomic E-state index is -0.618. The van der Waals surface area contributed by atoms with Gasteiger partial charge in [-0.15, -0.1) is 0 Å². The van der Waals surface area contributed by atoms with Gasteiger partial charge in [0.25, 0.3) is 0 Å². The predicted molar refractivity (Wildman–Crippen MR) is 81.9 cm³/mol. The molecule has 0 radical (unpaired) electrons. The molecule has 0 aromatic heterocycles. The summed E-state index contributed by atoms with van der Waals surface area (Å²) in [6, 6.07) is 7.88. The molecule has 1 aromatic rings. The summed E-state index contributed by atoms with van der Waals surface area (Å²) in [6.07, 6.45) is 2.87. The van der Waals surface area contributed by atoms with E-state index in [0.717, 1.165) is 29.4 Å². The predicted octanol–water partition coefficient (Wildman–Crippen LogP) is 3.54. The zero-order valence-corrected chi connectivity index (χ0v) is 13.0. The van der Waals surface area contributed by atoms with Crippen molar-refractivity contribution in [2.45, 2.75) is 38.6 Å². The van der Waals surface area contributed by atoms with E-state index in [4.69, 9.17) is 5.73 Å². The second-order valence-corrected chi connectivity index (χ2v) is 6.67. The van der Waals surface area contributed by atoms with Gasteiger partial charge in [-0.25, -0.2) is 0 Å². The lowest BCUT2D eigenvalue weighted by molar-refractivity contribution is -0.125. The highest BCUT2D eigenvalue weighted by atomic mass is 79.9. The third-order valence-corrected chi connectivity index (χ3v) is 4.75. The van der Waals surface area contributed by atoms with Crippen molar-refractivity contribution in [2.75, 3.05) is 5.32 Å². The van der Waals surface area contributed by atoms with E-state index in [9.17, 15) is 4.79 Å². The summed E-state index contributed by atoms with van der Waals surface area (Å²) < 4.78 is 0.994. The van der Waals surface area contributed by atoms with E-state index in [2.05, 4.69) is 35.1 Å². The number of halogens is 1. The Bertz CT molecular complexity index is 477. The van der Waals surface area contributed by atoms with Crippen LogP contribution in [-0.4, -0.2) is 11.4 Å². The third kappa shape index (κ3) is 2.94. The second-order valence-electron chi connectivity index (χ2n) is 5.75. The molecule has 104 valence electrons. The molecule has 1 aromatic carbocycles. The van der Waals surface area contributed by atoms with Crippen molar-refractivity contribution in [2.24, 2.45) is 17.6 Å². The number of anilines is 1. The lowest BCUT2D eigenvalue weighted by Crippen LogP contribution is -2.57. The van der Waals surface area contributed by atoms with Crippen molar-refractivity contribution in [3.05, 3.63) is 28.7 Å². The maximum Gasteiger partial charge on any atom is 0.243 e. The van der Waals surface area contributed by atoms with Crippen LogP contribution < -0.4 is 11.1 Å². The molecule has 3 atom stereocenters. The van der Waals surface area contributed by atoms with Crippen LogP contribution in [0.4, 0.5) is 5.69 Å². The van der Waals surface area contributed by atoms with Crippen LogP contribution in [-0.2, 0) is 4.79 Å². The highest BCUT2D eigenvalue weighted by Gasteiger charge is 2.45. The van der Waals surface area contributed by atoms with Crippen molar-refractivity contribution in [3.63, 3.8) is 0 Å². The highest BCUT2D eigenvalue weighted by Crippen LogP contribution is 2.39. The number of nitrogens with two attached hydrogens (primary N) is 1. The van der Waals surface area contributed by atoms with E-state index < -0.39 is 5.54 Å². The summed E-state index contributed by atoms with van der Waals surface area (Å²) in [7, 11) is 0. The quantitative estimate of drug-likeness (QED) is 0.893. The fourth-order valence-corrected chi connectivity index (χ4v) is 3.48. The number of carbonyl (C=O) groups excluding carboxylic acids is 1. The summed E-state index contributed by atoms with van der Waals surface area (Å²) in [4.78, 5) is 12.0. The van der Waals surface area contributed by atoms with Crippen molar-refractivity contribution >= 4 is 27.5 Å². The van der Waals surface area contributed by atoms with Crippen LogP contribution in [0.5, 0.6) is 0 Å². The zero-order chi connectivity index (χ0) is 14.0. The maximum absolute atomic E-state index is 12.0. The highest BCUT2D eigenvalue weighted by molar-refractivity contribution is 9.10. The van der Waals surface area contributed by atoms with Gasteiger partial charge in [-0.3, -0.25) is 4.79 Å². The van der Waals surface area contributed by atoms with Crippen LogP contribution in [0.2, 0.25) is 0 Å². The molecule has 0 saturated heterocycles. The average Bonchev–Trinajstić information content (AvgIpc) is 2.32. The van der Waals surface area contributed by atoms with Gasteiger partial charge in [0.15, 0.2) is 0 Å². The summed E-state index contributed by atoms with van der Waals surface area (Å²) >= 11 is 3.45. The van der Waals surface area contributed by atoms with Crippen LogP contribution in [0, 0.1) is 11.8 Å². The Balaban J connectivity index is 2.28. The Labute approximate surface area is 123 Å². The zero-order valence-electron chi connectivity index (χ0n) is 11.4. The molecular weight excluding hydrogens is 304 g/mol. The van der Waals surface area contributed by atoms with Gasteiger partial charge in [0.05, 0.1) is 0 Å². The first-order chi connectivity index (χ1) is 8.94. The van der Waals surface area contributed by atoms with Gasteiger partial charge < -0.3 is 11.1 Å². The molecule has 1 saturated carbocycles. The fraction of sp³-hybridized carbons (Fsp3) is 0.533. The Morgan fingerprint density at radius 2 is 2.21 bits per heavy atom. The second kappa shape index (κ2) is 5.53. The molecule has 3 unspecified atom stereocenters. The molecule has 4 heteroatoms. The Kier molecular flexibility index (Phi) is 4.19. The number of rotatable bonds is 3. The number of benzene rings is 1. The molecule has 3 nitrogen and oxygen atoms in total. The van der Waals surface area contributed by atoms with Crippen LogP contribution >= 0.6 is 15.9 Å². The first-order valence-corrected chi connectivity index (χ1v) is 7.57. The van der Waals surface area contributed by atoms with Gasteiger partial charge in [0, 0.05) is 10.2 Å². The maximum atomic E-state index is 12.0.